The van der Waals surface area contributed by atoms with Crippen molar-refractivity contribution in [1.82, 2.24) is 19.8 Å². The van der Waals surface area contributed by atoms with Crippen LogP contribution in [0.2, 0.25) is 0 Å². The highest BCUT2D eigenvalue weighted by atomic mass is 35.5. The molecule has 4 rings (SSSR count). The molecule has 1 aromatic heterocycles. The van der Waals surface area contributed by atoms with Crippen LogP contribution in [-0.2, 0) is 0 Å². The van der Waals surface area contributed by atoms with Gasteiger partial charge in [-0.15, -0.1) is 11.6 Å². The van der Waals surface area contributed by atoms with Gasteiger partial charge in [-0.25, -0.2) is 9.97 Å². The van der Waals surface area contributed by atoms with Crippen LogP contribution in [0.4, 0.5) is 0 Å². The lowest BCUT2D eigenvalue weighted by Crippen LogP contribution is -2.33. The lowest BCUT2D eigenvalue weighted by molar-refractivity contribution is 0.0805. The fourth-order valence-electron chi connectivity index (χ4n) is 3.79. The van der Waals surface area contributed by atoms with Gasteiger partial charge in [0.05, 0.1) is 17.1 Å². The lowest BCUT2D eigenvalue weighted by Gasteiger charge is -2.27. The smallest absolute Gasteiger partial charge is 0.261 e. The maximum absolute atomic E-state index is 13.0. The van der Waals surface area contributed by atoms with Crippen LogP contribution < -0.4 is 4.74 Å². The number of carbonyl (C=O) groups excluding carboxylic acids is 1. The molecular weight excluding hydrogens is 400 g/mol. The zero-order valence-electron chi connectivity index (χ0n) is 16.8. The molecule has 7 heteroatoms. The van der Waals surface area contributed by atoms with E-state index in [0.717, 1.165) is 44.7 Å². The third-order valence-electron chi connectivity index (χ3n) is 5.36. The summed E-state index contributed by atoms with van der Waals surface area (Å²) in [4.78, 5) is 25.9. The Labute approximate surface area is 181 Å². The molecule has 2 aliphatic rings. The van der Waals surface area contributed by atoms with E-state index in [1.54, 1.807) is 35.7 Å². The number of hydrogen-bond acceptors (Lipinski definition) is 5. The van der Waals surface area contributed by atoms with Crippen LogP contribution in [0.15, 0.2) is 60.8 Å². The Morgan fingerprint density at radius 1 is 1.07 bits per heavy atom. The number of amides is 1. The summed E-state index contributed by atoms with van der Waals surface area (Å²) in [5.41, 5.74) is 2.45. The number of allylic oxidation sites excluding steroid dienone is 1. The maximum atomic E-state index is 13.0. The number of ether oxygens (including phenoxy) is 1. The highest BCUT2D eigenvalue weighted by Crippen LogP contribution is 2.26. The van der Waals surface area contributed by atoms with Crippen molar-refractivity contribution in [3.05, 3.63) is 72.1 Å². The van der Waals surface area contributed by atoms with E-state index >= 15 is 0 Å². The molecule has 0 atom stereocenters. The van der Waals surface area contributed by atoms with Gasteiger partial charge in [0, 0.05) is 37.6 Å². The summed E-state index contributed by atoms with van der Waals surface area (Å²) < 4.78 is 5.67. The Kier molecular flexibility index (Phi) is 6.77. The normalized spacial score (nSPS) is 17.0. The predicted molar refractivity (Wildman–Crippen MR) is 117 cm³/mol. The second-order valence-corrected chi connectivity index (χ2v) is 7.65. The van der Waals surface area contributed by atoms with Crippen LogP contribution in [-0.4, -0.2) is 57.7 Å². The van der Waals surface area contributed by atoms with Gasteiger partial charge in [-0.1, -0.05) is 18.2 Å². The SMILES string of the molecule is O=C1c2ccccc2OC=C(CCl)N1CCCCN1CCC=C(c2ncccn2)C1. The van der Waals surface area contributed by atoms with Crippen molar-refractivity contribution in [3.8, 4) is 5.75 Å². The molecule has 0 spiro atoms. The average molecular weight is 425 g/mol. The van der Waals surface area contributed by atoms with Crippen LogP contribution in [0.3, 0.4) is 0 Å². The summed E-state index contributed by atoms with van der Waals surface area (Å²) in [6.07, 6.45) is 10.3. The number of para-hydroxylation sites is 1. The van der Waals surface area contributed by atoms with Gasteiger partial charge in [0.15, 0.2) is 5.82 Å². The minimum atomic E-state index is -0.0561. The van der Waals surface area contributed by atoms with Gasteiger partial charge in [-0.3, -0.25) is 9.69 Å². The highest BCUT2D eigenvalue weighted by Gasteiger charge is 2.25. The summed E-state index contributed by atoms with van der Waals surface area (Å²) >= 11 is 6.10. The van der Waals surface area contributed by atoms with Crippen LogP contribution >= 0.6 is 11.6 Å². The molecule has 0 N–H and O–H groups in total. The van der Waals surface area contributed by atoms with Crippen LogP contribution in [0.1, 0.15) is 35.4 Å². The summed E-state index contributed by atoms with van der Waals surface area (Å²) in [5, 5.41) is 0. The number of nitrogens with zero attached hydrogens (tertiary/aromatic N) is 4. The molecule has 0 fully saturated rings. The second kappa shape index (κ2) is 9.87. The van der Waals surface area contributed by atoms with E-state index in [1.807, 2.05) is 18.2 Å². The molecule has 1 amide bonds. The third kappa shape index (κ3) is 4.71. The minimum absolute atomic E-state index is 0.0561. The van der Waals surface area contributed by atoms with Crippen molar-refractivity contribution in [2.24, 2.45) is 0 Å². The third-order valence-corrected chi connectivity index (χ3v) is 5.63. The van der Waals surface area contributed by atoms with Crippen molar-refractivity contribution in [1.29, 1.82) is 0 Å². The van der Waals surface area contributed by atoms with Gasteiger partial charge < -0.3 is 9.64 Å². The zero-order chi connectivity index (χ0) is 20.8. The topological polar surface area (TPSA) is 58.6 Å². The van der Waals surface area contributed by atoms with E-state index in [-0.39, 0.29) is 11.8 Å². The first-order valence-electron chi connectivity index (χ1n) is 10.3. The maximum Gasteiger partial charge on any atom is 0.261 e. The van der Waals surface area contributed by atoms with Gasteiger partial charge in [-0.2, -0.15) is 0 Å². The van der Waals surface area contributed by atoms with Crippen molar-refractivity contribution in [3.63, 3.8) is 0 Å². The van der Waals surface area contributed by atoms with Crippen molar-refractivity contribution in [2.75, 3.05) is 32.1 Å². The molecule has 156 valence electrons. The number of benzene rings is 1. The van der Waals surface area contributed by atoms with Crippen molar-refractivity contribution in [2.45, 2.75) is 19.3 Å². The zero-order valence-corrected chi connectivity index (χ0v) is 17.6. The van der Waals surface area contributed by atoms with E-state index in [1.165, 1.54) is 5.57 Å². The second-order valence-electron chi connectivity index (χ2n) is 7.39. The predicted octanol–water partition coefficient (Wildman–Crippen LogP) is 3.96. The van der Waals surface area contributed by atoms with E-state index < -0.39 is 0 Å². The first-order valence-corrected chi connectivity index (χ1v) is 10.8. The fourth-order valence-corrected chi connectivity index (χ4v) is 4.00. The number of fused-ring (bicyclic) bond motifs is 1. The summed E-state index contributed by atoms with van der Waals surface area (Å²) in [5.74, 6) is 1.56. The number of halogens is 1. The number of hydrogen-bond donors (Lipinski definition) is 0. The van der Waals surface area contributed by atoms with Crippen LogP contribution in [0, 0.1) is 0 Å². The van der Waals surface area contributed by atoms with Crippen molar-refractivity contribution >= 4 is 23.1 Å². The molecule has 1 aromatic carbocycles. The lowest BCUT2D eigenvalue weighted by atomic mass is 10.1. The molecule has 6 nitrogen and oxygen atoms in total. The summed E-state index contributed by atoms with van der Waals surface area (Å²) in [6, 6.07) is 9.14. The van der Waals surface area contributed by atoms with Gasteiger partial charge in [0.1, 0.15) is 12.0 Å². The standard InChI is InChI=1S/C23H25ClN4O2/c24-15-19-17-30-21-9-2-1-8-20(21)23(29)28(19)14-4-3-12-27-13-5-7-18(16-27)22-25-10-6-11-26-22/h1-2,6-11,17H,3-5,12-16H2. The number of aromatic nitrogens is 2. The van der Waals surface area contributed by atoms with Crippen LogP contribution in [0.5, 0.6) is 5.75 Å². The van der Waals surface area contributed by atoms with E-state index in [2.05, 4.69) is 20.9 Å². The van der Waals surface area contributed by atoms with Gasteiger partial charge >= 0.3 is 0 Å². The van der Waals surface area contributed by atoms with Crippen molar-refractivity contribution < 1.29 is 9.53 Å². The quantitative estimate of drug-likeness (QED) is 0.497. The molecule has 0 bridgehead atoms. The molecule has 0 aliphatic carbocycles. The van der Waals surface area contributed by atoms with Gasteiger partial charge in [-0.05, 0) is 44.0 Å². The average Bonchev–Trinajstić information content (AvgIpc) is 2.94. The van der Waals surface area contributed by atoms with Gasteiger partial charge in [0.2, 0.25) is 0 Å². The Hall–Kier alpha value is -2.70. The summed E-state index contributed by atoms with van der Waals surface area (Å²) in [6.45, 7) is 3.49. The number of alkyl halides is 1. The molecule has 30 heavy (non-hydrogen) atoms. The molecule has 0 unspecified atom stereocenters. The first kappa shape index (κ1) is 20.6. The monoisotopic (exact) mass is 424 g/mol. The first-order chi connectivity index (χ1) is 14.8. The molecule has 3 heterocycles. The molecule has 2 aliphatic heterocycles. The summed E-state index contributed by atoms with van der Waals surface area (Å²) in [7, 11) is 0. The Morgan fingerprint density at radius 2 is 1.87 bits per heavy atom. The number of carbonyl (C=O) groups is 1. The molecular formula is C23H25ClN4O2. The van der Waals surface area contributed by atoms with E-state index in [4.69, 9.17) is 16.3 Å². The van der Waals surface area contributed by atoms with E-state index in [0.29, 0.717) is 23.6 Å². The van der Waals surface area contributed by atoms with Crippen LogP contribution in [0.25, 0.3) is 5.57 Å². The molecule has 0 radical (unpaired) electrons. The van der Waals surface area contributed by atoms with Gasteiger partial charge in [0.25, 0.3) is 5.91 Å². The minimum Gasteiger partial charge on any atom is -0.462 e. The molecule has 2 aromatic rings. The Balaban J connectivity index is 1.32. The number of rotatable bonds is 7. The molecule has 0 saturated carbocycles. The Morgan fingerprint density at radius 3 is 2.70 bits per heavy atom. The fraction of sp³-hybridized carbons (Fsp3) is 0.348. The highest BCUT2D eigenvalue weighted by molar-refractivity contribution is 6.19. The Bertz CT molecular complexity index is 945. The molecule has 0 saturated heterocycles. The number of unbranched alkanes of at least 4 members (excludes halogenated alkanes) is 1. The largest absolute Gasteiger partial charge is 0.462 e. The van der Waals surface area contributed by atoms with E-state index in [9.17, 15) is 4.79 Å².